The largest absolute Gasteiger partial charge is 0.507 e. The van der Waals surface area contributed by atoms with Crippen molar-refractivity contribution in [3.63, 3.8) is 0 Å². The van der Waals surface area contributed by atoms with E-state index in [-0.39, 0.29) is 11.3 Å². The molecule has 2 N–H and O–H groups in total. The number of hydrogen-bond acceptors (Lipinski definition) is 4. The molecule has 1 aliphatic carbocycles. The number of furan rings is 1. The standard InChI is InChI=1S/C20H17NO4/c22-16-9-10-18-19(14-3-1-2-4-17(14)25-18)15(16)11-21-13-7-5-12(6-8-13)20(23)24/h5-11,22H,1-4H2,(H,23,24)/b21-11+. The number of fused-ring (bicyclic) bond motifs is 3. The molecular weight excluding hydrogens is 318 g/mol. The zero-order chi connectivity index (χ0) is 17.4. The molecule has 4 rings (SSSR count). The Hall–Kier alpha value is -3.08. The quantitative estimate of drug-likeness (QED) is 0.692. The van der Waals surface area contributed by atoms with E-state index in [2.05, 4.69) is 4.99 Å². The first-order chi connectivity index (χ1) is 12.1. The molecule has 0 atom stereocenters. The summed E-state index contributed by atoms with van der Waals surface area (Å²) in [6.45, 7) is 0. The van der Waals surface area contributed by atoms with Gasteiger partial charge in [0, 0.05) is 29.1 Å². The van der Waals surface area contributed by atoms with E-state index < -0.39 is 5.97 Å². The third-order valence-electron chi connectivity index (χ3n) is 4.59. The van der Waals surface area contributed by atoms with E-state index in [9.17, 15) is 9.90 Å². The fourth-order valence-corrected chi connectivity index (χ4v) is 3.33. The van der Waals surface area contributed by atoms with Crippen LogP contribution in [0.1, 0.15) is 40.1 Å². The van der Waals surface area contributed by atoms with Crippen LogP contribution in [0.2, 0.25) is 0 Å². The monoisotopic (exact) mass is 335 g/mol. The zero-order valence-electron chi connectivity index (χ0n) is 13.5. The Labute approximate surface area is 144 Å². The Kier molecular flexibility index (Phi) is 3.76. The van der Waals surface area contributed by atoms with E-state index in [0.717, 1.165) is 42.4 Å². The van der Waals surface area contributed by atoms with Crippen molar-refractivity contribution in [2.24, 2.45) is 4.99 Å². The van der Waals surface area contributed by atoms with Crippen LogP contribution in [0.25, 0.3) is 11.0 Å². The number of carboxylic acid groups (broad SMARTS) is 1. The Morgan fingerprint density at radius 3 is 2.60 bits per heavy atom. The molecule has 25 heavy (non-hydrogen) atoms. The third kappa shape index (κ3) is 2.78. The highest BCUT2D eigenvalue weighted by Gasteiger charge is 2.21. The van der Waals surface area contributed by atoms with Gasteiger partial charge in [-0.15, -0.1) is 0 Å². The lowest BCUT2D eigenvalue weighted by Crippen LogP contribution is -1.99. The van der Waals surface area contributed by atoms with E-state index in [0.29, 0.717) is 11.3 Å². The van der Waals surface area contributed by atoms with E-state index >= 15 is 0 Å². The smallest absolute Gasteiger partial charge is 0.335 e. The predicted molar refractivity (Wildman–Crippen MR) is 95.2 cm³/mol. The second kappa shape index (κ2) is 6.09. The van der Waals surface area contributed by atoms with Crippen LogP contribution < -0.4 is 0 Å². The second-order valence-electron chi connectivity index (χ2n) is 6.19. The molecular formula is C20H17NO4. The molecule has 2 aromatic carbocycles. The molecule has 126 valence electrons. The molecule has 1 heterocycles. The van der Waals surface area contributed by atoms with Gasteiger partial charge >= 0.3 is 5.97 Å². The number of hydrogen-bond donors (Lipinski definition) is 2. The molecule has 0 saturated carbocycles. The average Bonchev–Trinajstić information content (AvgIpc) is 3.00. The summed E-state index contributed by atoms with van der Waals surface area (Å²) in [7, 11) is 0. The van der Waals surface area contributed by atoms with Gasteiger partial charge in [-0.25, -0.2) is 4.79 Å². The normalized spacial score (nSPS) is 14.1. The molecule has 3 aromatic rings. The summed E-state index contributed by atoms with van der Waals surface area (Å²) in [5, 5.41) is 20.2. The lowest BCUT2D eigenvalue weighted by Gasteiger charge is -2.09. The maximum absolute atomic E-state index is 10.9. The molecule has 0 aliphatic heterocycles. The van der Waals surface area contributed by atoms with Crippen LogP contribution >= 0.6 is 0 Å². The first-order valence-corrected chi connectivity index (χ1v) is 8.27. The van der Waals surface area contributed by atoms with E-state index in [4.69, 9.17) is 9.52 Å². The lowest BCUT2D eigenvalue weighted by atomic mass is 9.94. The lowest BCUT2D eigenvalue weighted by molar-refractivity contribution is 0.0697. The van der Waals surface area contributed by atoms with Crippen LogP contribution in [0.15, 0.2) is 45.8 Å². The summed E-state index contributed by atoms with van der Waals surface area (Å²) in [5.74, 6) is 0.197. The molecule has 0 amide bonds. The van der Waals surface area contributed by atoms with Crippen molar-refractivity contribution in [2.45, 2.75) is 25.7 Å². The number of aliphatic imine (C=N–C) groups is 1. The highest BCUT2D eigenvalue weighted by atomic mass is 16.4. The summed E-state index contributed by atoms with van der Waals surface area (Å²) >= 11 is 0. The third-order valence-corrected chi connectivity index (χ3v) is 4.59. The highest BCUT2D eigenvalue weighted by Crippen LogP contribution is 2.36. The van der Waals surface area contributed by atoms with Crippen molar-refractivity contribution in [1.82, 2.24) is 0 Å². The molecule has 0 spiro atoms. The Morgan fingerprint density at radius 1 is 1.08 bits per heavy atom. The minimum atomic E-state index is -0.969. The number of benzene rings is 2. The molecule has 0 bridgehead atoms. The van der Waals surface area contributed by atoms with E-state index in [1.54, 1.807) is 30.5 Å². The average molecular weight is 335 g/mol. The van der Waals surface area contributed by atoms with Gasteiger partial charge in [-0.3, -0.25) is 4.99 Å². The van der Waals surface area contributed by atoms with Crippen LogP contribution in [0, 0.1) is 0 Å². The molecule has 0 unspecified atom stereocenters. The van der Waals surface area contributed by atoms with Gasteiger partial charge in [0.05, 0.1) is 11.3 Å². The minimum absolute atomic E-state index is 0.160. The van der Waals surface area contributed by atoms with Crippen molar-refractivity contribution < 1.29 is 19.4 Å². The van der Waals surface area contributed by atoms with Crippen LogP contribution in [0.5, 0.6) is 5.75 Å². The van der Waals surface area contributed by atoms with Crippen LogP contribution in [-0.2, 0) is 12.8 Å². The number of aromatic carboxylic acids is 1. The Morgan fingerprint density at radius 2 is 1.84 bits per heavy atom. The molecule has 5 nitrogen and oxygen atoms in total. The predicted octanol–water partition coefficient (Wildman–Crippen LogP) is 4.47. The van der Waals surface area contributed by atoms with Gasteiger partial charge in [-0.05, 0) is 55.7 Å². The van der Waals surface area contributed by atoms with E-state index in [1.165, 1.54) is 17.7 Å². The number of aryl methyl sites for hydroxylation is 2. The van der Waals surface area contributed by atoms with Crippen molar-refractivity contribution >= 4 is 28.8 Å². The van der Waals surface area contributed by atoms with Gasteiger partial charge in [0.25, 0.3) is 0 Å². The summed E-state index contributed by atoms with van der Waals surface area (Å²) in [4.78, 5) is 15.3. The maximum Gasteiger partial charge on any atom is 0.335 e. The van der Waals surface area contributed by atoms with Crippen molar-refractivity contribution in [3.8, 4) is 5.75 Å². The summed E-state index contributed by atoms with van der Waals surface area (Å²) in [5.41, 5.74) is 3.42. The SMILES string of the molecule is O=C(O)c1ccc(/N=C/c2c(O)ccc3oc4c(c23)CCCC4)cc1. The molecule has 0 saturated heterocycles. The summed E-state index contributed by atoms with van der Waals surface area (Å²) in [6.07, 6.45) is 5.73. The maximum atomic E-state index is 10.9. The van der Waals surface area contributed by atoms with Crippen LogP contribution in [0.3, 0.4) is 0 Å². The number of carbonyl (C=O) groups is 1. The molecule has 1 aliphatic rings. The van der Waals surface area contributed by atoms with E-state index in [1.807, 2.05) is 0 Å². The van der Waals surface area contributed by atoms with Gasteiger partial charge in [0.1, 0.15) is 17.1 Å². The number of phenols is 1. The number of carboxylic acids is 1. The zero-order valence-corrected chi connectivity index (χ0v) is 13.5. The van der Waals surface area contributed by atoms with Crippen LogP contribution in [-0.4, -0.2) is 22.4 Å². The highest BCUT2D eigenvalue weighted by molar-refractivity contribution is 6.03. The second-order valence-corrected chi connectivity index (χ2v) is 6.19. The van der Waals surface area contributed by atoms with Gasteiger partial charge < -0.3 is 14.6 Å². The van der Waals surface area contributed by atoms with Gasteiger partial charge in [-0.1, -0.05) is 0 Å². The first-order valence-electron chi connectivity index (χ1n) is 8.27. The fraction of sp³-hybridized carbons (Fsp3) is 0.200. The van der Waals surface area contributed by atoms with Crippen molar-refractivity contribution in [1.29, 1.82) is 0 Å². The Balaban J connectivity index is 1.76. The molecule has 5 heteroatoms. The first kappa shape index (κ1) is 15.4. The number of nitrogens with zero attached hydrogens (tertiary/aromatic N) is 1. The van der Waals surface area contributed by atoms with Crippen molar-refractivity contribution in [3.05, 3.63) is 58.8 Å². The number of aromatic hydroxyl groups is 1. The van der Waals surface area contributed by atoms with Gasteiger partial charge in [0.15, 0.2) is 0 Å². The van der Waals surface area contributed by atoms with Crippen molar-refractivity contribution in [2.75, 3.05) is 0 Å². The molecule has 0 radical (unpaired) electrons. The summed E-state index contributed by atoms with van der Waals surface area (Å²) < 4.78 is 5.94. The molecule has 0 fully saturated rings. The topological polar surface area (TPSA) is 83.0 Å². The number of rotatable bonds is 3. The summed E-state index contributed by atoms with van der Waals surface area (Å²) in [6, 6.07) is 9.71. The minimum Gasteiger partial charge on any atom is -0.507 e. The molecule has 1 aromatic heterocycles. The fourth-order valence-electron chi connectivity index (χ4n) is 3.33. The van der Waals surface area contributed by atoms with Gasteiger partial charge in [-0.2, -0.15) is 0 Å². The Bertz CT molecular complexity index is 983. The number of phenolic OH excluding ortho intramolecular Hbond substituents is 1. The van der Waals surface area contributed by atoms with Crippen LogP contribution in [0.4, 0.5) is 5.69 Å². The van der Waals surface area contributed by atoms with Gasteiger partial charge in [0.2, 0.25) is 0 Å².